The number of hydrogen-bond donors (Lipinski definition) is 4. The van der Waals surface area contributed by atoms with E-state index in [0.717, 1.165) is 282 Å². The first kappa shape index (κ1) is 87.1. The van der Waals surface area contributed by atoms with E-state index < -0.39 is 0 Å². The van der Waals surface area contributed by atoms with Crippen molar-refractivity contribution in [3.8, 4) is 0 Å². The van der Waals surface area contributed by atoms with Crippen LogP contribution in [-0.2, 0) is 51.4 Å². The number of aromatic amines is 4. The van der Waals surface area contributed by atoms with Gasteiger partial charge in [-0.2, -0.15) is 0 Å². The van der Waals surface area contributed by atoms with E-state index in [2.05, 4.69) is 373 Å². The zero-order valence-electron chi connectivity index (χ0n) is 78.2. The number of nitrogens with one attached hydrogen (secondary N) is 4. The third-order valence-corrected chi connectivity index (χ3v) is 27.6. The van der Waals surface area contributed by atoms with Crippen LogP contribution in [0.5, 0.6) is 0 Å². The van der Waals surface area contributed by atoms with Crippen molar-refractivity contribution >= 4 is 67.4 Å². The first-order valence-electron chi connectivity index (χ1n) is 48.0. The molecule has 0 radical (unpaired) electrons. The predicted molar refractivity (Wildman–Crippen MR) is 543 cm³/mol. The summed E-state index contributed by atoms with van der Waals surface area (Å²) >= 11 is 0. The van der Waals surface area contributed by atoms with Crippen molar-refractivity contribution in [2.75, 3.05) is 0 Å². The lowest BCUT2D eigenvalue weighted by molar-refractivity contribution is 1.04. The monoisotopic (exact) mass is 1680 g/mol. The highest BCUT2D eigenvalue weighted by atomic mass is 14.9. The number of hydrogen-bond acceptors (Lipinski definition) is 4. The number of rotatable bonds is 24. The Morgan fingerprint density at radius 2 is 0.305 bits per heavy atom. The van der Waals surface area contributed by atoms with E-state index in [9.17, 15) is 0 Å². The third-order valence-electron chi connectivity index (χ3n) is 27.6. The van der Waals surface area contributed by atoms with Gasteiger partial charge < -0.3 is 19.9 Å². The highest BCUT2D eigenvalue weighted by molar-refractivity contribution is 6.37. The maximum absolute atomic E-state index is 6.39. The minimum Gasteiger partial charge on any atom is -0.354 e. The molecule has 12 aromatic rings. The molecule has 0 atom stereocenters. The topological polar surface area (TPSA) is 113 Å². The van der Waals surface area contributed by atoms with Crippen LogP contribution in [0.2, 0.25) is 0 Å². The van der Waals surface area contributed by atoms with E-state index in [1.165, 1.54) is 89.1 Å². The molecule has 0 fully saturated rings. The zero-order valence-corrected chi connectivity index (χ0v) is 78.2. The quantitative estimate of drug-likeness (QED) is 0.0462. The molecule has 5 aliphatic rings. The van der Waals surface area contributed by atoms with Gasteiger partial charge >= 0.3 is 0 Å². The summed E-state index contributed by atoms with van der Waals surface area (Å²) in [6, 6.07) is 89.6. The standard InChI is InChI=1S/C120H124N8/c1-17-81-82(18-2)106-98(74-59-43-34-44-60-74)108-85(21-5)86(22-6)110(123-108)100(76-63-47-36-48-64-76)112-89(25-9)90(26-10)114(125-112)102(78-67-51-38-52-68-78)116-93(29-13)94(30-14)118(127-116)104(80-71-55-40-56-72-80)120-96(32-16)95(31-15)119(128-120)103(79-69-53-39-54-70-79)117-92(28-12)91(27-11)115(126-117)101(77-65-49-37-50-66-77)113-88(24-8)87(23-7)111(124-113)99(75-61-45-35-46-62-75)109-84(20-4)83(19-3)107(122-109)97(105(81)121-106)73-57-41-33-42-58-73/h33-72,121,124-125,128H,17-32H2,1-16H3. The van der Waals surface area contributed by atoms with Crippen LogP contribution in [-0.4, -0.2) is 42.8 Å². The van der Waals surface area contributed by atoms with Gasteiger partial charge in [-0.25, -0.2) is 20.0 Å². The Balaban J connectivity index is 1.12. The van der Waals surface area contributed by atoms with Gasteiger partial charge in [0, 0.05) is 44.6 Å². The van der Waals surface area contributed by atoms with Crippen LogP contribution in [0.15, 0.2) is 330 Å². The van der Waals surface area contributed by atoms with E-state index in [1.807, 2.05) is 0 Å². The average Bonchev–Trinajstić information content (AvgIpc) is 1.58. The molecule has 8 aromatic carbocycles. The van der Waals surface area contributed by atoms with Crippen molar-refractivity contribution in [2.45, 2.75) is 214 Å². The zero-order chi connectivity index (χ0) is 89.0. The van der Waals surface area contributed by atoms with Gasteiger partial charge in [0.15, 0.2) is 0 Å². The number of allylic oxidation sites excluding steroid dienone is 8. The molecule has 0 saturated heterocycles. The lowest BCUT2D eigenvalue weighted by Crippen LogP contribution is -2.24. The predicted octanol–water partition coefficient (Wildman–Crippen LogP) is 26.7. The Morgan fingerprint density at radius 1 is 0.156 bits per heavy atom. The SMILES string of the molecule is CCC1=C(CC)C2=C(c3ccccc3)c3[nH]c(c(CC)c3CC)C(c3ccccc3)=C3N=C(C(CC)=C3CC)C(c3ccccc3)=c3[nH]c(c(CC)c3CC)=C(c3ccccc3)C3=NC(=C(c4ccccc4)c4[nH]c(c(CC)c4CC)C(c4ccccc4)=C4N=C(C(CC)=C4CC)C(c4ccccc4)=c4[nH]c(c(CC)c4CC)=C(c4ccccc4)C1=N2)C(CC)=C3CC. The Hall–Kier alpha value is -13.0. The normalized spacial score (nSPS) is 15.2. The molecule has 0 aliphatic carbocycles. The van der Waals surface area contributed by atoms with E-state index in [4.69, 9.17) is 20.0 Å². The summed E-state index contributed by atoms with van der Waals surface area (Å²) in [5.41, 5.74) is 50.6. The van der Waals surface area contributed by atoms with Gasteiger partial charge in [-0.15, -0.1) is 0 Å². The van der Waals surface area contributed by atoms with Crippen molar-refractivity contribution in [3.63, 3.8) is 0 Å². The first-order valence-corrected chi connectivity index (χ1v) is 48.0. The van der Waals surface area contributed by atoms with Crippen LogP contribution in [0.1, 0.15) is 274 Å². The number of aliphatic imine (C=N–C) groups is 4. The van der Waals surface area contributed by atoms with Crippen LogP contribution in [0.25, 0.3) is 44.6 Å². The second-order valence-corrected chi connectivity index (χ2v) is 34.0. The fourth-order valence-electron chi connectivity index (χ4n) is 22.0. The Morgan fingerprint density at radius 3 is 0.445 bits per heavy atom. The Kier molecular flexibility index (Phi) is 26.0. The Labute approximate surface area is 759 Å². The van der Waals surface area contributed by atoms with E-state index >= 15 is 0 Å². The molecule has 17 rings (SSSR count). The maximum atomic E-state index is 6.39. The van der Waals surface area contributed by atoms with Gasteiger partial charge in [0.25, 0.3) is 0 Å². The molecule has 0 unspecified atom stereocenters. The van der Waals surface area contributed by atoms with Crippen molar-refractivity contribution < 1.29 is 0 Å². The van der Waals surface area contributed by atoms with Crippen molar-refractivity contribution in [1.82, 2.24) is 19.9 Å². The molecule has 8 heteroatoms. The van der Waals surface area contributed by atoms with Crippen molar-refractivity contribution in [3.05, 3.63) is 443 Å². The molecule has 0 saturated carbocycles. The van der Waals surface area contributed by atoms with Gasteiger partial charge in [-0.1, -0.05) is 353 Å². The number of nitrogens with zero attached hydrogens (tertiary/aromatic N) is 4. The molecule has 644 valence electrons. The van der Waals surface area contributed by atoms with Crippen LogP contribution < -0.4 is 21.4 Å². The Bertz CT molecular complexity index is 6150. The first-order chi connectivity index (χ1) is 62.9. The lowest BCUT2D eigenvalue weighted by Gasteiger charge is -2.15. The van der Waals surface area contributed by atoms with Gasteiger partial charge in [0.05, 0.1) is 89.8 Å². The van der Waals surface area contributed by atoms with E-state index in [-0.39, 0.29) is 0 Å². The molecule has 4 N–H and O–H groups in total. The van der Waals surface area contributed by atoms with Gasteiger partial charge in [0.2, 0.25) is 0 Å². The smallest absolute Gasteiger partial charge is 0.0772 e. The molecule has 4 aromatic heterocycles. The highest BCUT2D eigenvalue weighted by Gasteiger charge is 2.39. The van der Waals surface area contributed by atoms with Crippen LogP contribution >= 0.6 is 0 Å². The molecule has 9 heterocycles. The fourth-order valence-corrected chi connectivity index (χ4v) is 22.0. The van der Waals surface area contributed by atoms with E-state index in [0.29, 0.717) is 0 Å². The molecule has 5 aliphatic heterocycles. The van der Waals surface area contributed by atoms with Crippen molar-refractivity contribution in [2.24, 2.45) is 20.0 Å². The van der Waals surface area contributed by atoms with Gasteiger partial charge in [-0.3, -0.25) is 0 Å². The third kappa shape index (κ3) is 15.0. The molecule has 8 nitrogen and oxygen atoms in total. The number of H-pyrrole nitrogens is 4. The molecular formula is C120H124N8. The minimum absolute atomic E-state index is 0.768. The summed E-state index contributed by atoms with van der Waals surface area (Å²) in [5, 5.41) is 4.39. The minimum atomic E-state index is 0.768. The number of benzene rings is 8. The van der Waals surface area contributed by atoms with Gasteiger partial charge in [-0.05, 0) is 236 Å². The van der Waals surface area contributed by atoms with Crippen LogP contribution in [0, 0.1) is 0 Å². The summed E-state index contributed by atoms with van der Waals surface area (Å²) in [4.78, 5) is 43.5. The van der Waals surface area contributed by atoms with Crippen molar-refractivity contribution in [1.29, 1.82) is 0 Å². The number of fused-ring (bicyclic) bond motifs is 12. The maximum Gasteiger partial charge on any atom is 0.0772 e. The summed E-state index contributed by atoms with van der Waals surface area (Å²) in [6.45, 7) is 37.6. The molecule has 0 spiro atoms. The van der Waals surface area contributed by atoms with E-state index in [1.54, 1.807) is 0 Å². The molecular weight excluding hydrogens is 1550 g/mol. The summed E-state index contributed by atoms with van der Waals surface area (Å²) in [6.07, 6.45) is 12.4. The second kappa shape index (κ2) is 38.3. The molecule has 0 amide bonds. The fraction of sp³-hybridized carbons (Fsp3) is 0.267. The summed E-state index contributed by atoms with van der Waals surface area (Å²) in [7, 11) is 0. The average molecular weight is 1680 g/mol. The lowest BCUT2D eigenvalue weighted by atomic mass is 9.87. The largest absolute Gasteiger partial charge is 0.354 e. The number of aromatic nitrogens is 4. The highest BCUT2D eigenvalue weighted by Crippen LogP contribution is 2.51. The molecule has 128 heavy (non-hydrogen) atoms. The summed E-state index contributed by atoms with van der Waals surface area (Å²) < 4.78 is 0. The summed E-state index contributed by atoms with van der Waals surface area (Å²) in [5.74, 6) is 0. The van der Waals surface area contributed by atoms with Crippen LogP contribution in [0.3, 0.4) is 0 Å². The molecule has 16 bridgehead atoms. The second-order valence-electron chi connectivity index (χ2n) is 34.0. The van der Waals surface area contributed by atoms with Crippen LogP contribution in [0.4, 0.5) is 0 Å². The van der Waals surface area contributed by atoms with Gasteiger partial charge in [0.1, 0.15) is 0 Å².